The predicted molar refractivity (Wildman–Crippen MR) is 79.1 cm³/mol. The van der Waals surface area contributed by atoms with E-state index in [1.165, 1.54) is 0 Å². The van der Waals surface area contributed by atoms with Gasteiger partial charge < -0.3 is 10.1 Å². The molecule has 1 aromatic carbocycles. The van der Waals surface area contributed by atoms with E-state index in [4.69, 9.17) is 10.00 Å². The van der Waals surface area contributed by atoms with Crippen LogP contribution < -0.4 is 10.1 Å². The zero-order chi connectivity index (χ0) is 15.0. The van der Waals surface area contributed by atoms with Crippen LogP contribution in [0.3, 0.4) is 0 Å². The summed E-state index contributed by atoms with van der Waals surface area (Å²) < 4.78 is 5.39. The number of nitrogens with one attached hydrogen (secondary N) is 1. The molecule has 0 heterocycles. The first-order chi connectivity index (χ1) is 9.60. The minimum atomic E-state index is -0.188. The number of amides is 1. The molecular formula is C16H18N2O2. The molecule has 0 spiro atoms. The maximum atomic E-state index is 11.1. The third kappa shape index (κ3) is 4.62. The third-order valence-electron chi connectivity index (χ3n) is 2.74. The highest BCUT2D eigenvalue weighted by Gasteiger charge is 2.03. The highest BCUT2D eigenvalue weighted by molar-refractivity contribution is 5.77. The summed E-state index contributed by atoms with van der Waals surface area (Å²) in [7, 11) is 1.56. The van der Waals surface area contributed by atoms with Crippen LogP contribution in [0.1, 0.15) is 17.5 Å². The molecule has 1 amide bonds. The van der Waals surface area contributed by atoms with Gasteiger partial charge in [0.05, 0.1) is 6.07 Å². The first-order valence-electron chi connectivity index (χ1n) is 6.26. The number of carbonyl (C=O) groups is 1. The van der Waals surface area contributed by atoms with E-state index in [2.05, 4.69) is 18.0 Å². The van der Waals surface area contributed by atoms with E-state index in [1.54, 1.807) is 19.2 Å². The average molecular weight is 270 g/mol. The van der Waals surface area contributed by atoms with Gasteiger partial charge in [-0.3, -0.25) is 4.79 Å². The van der Waals surface area contributed by atoms with Gasteiger partial charge in [0.1, 0.15) is 5.75 Å². The summed E-state index contributed by atoms with van der Waals surface area (Å²) in [6.07, 6.45) is 4.03. The van der Waals surface area contributed by atoms with Crippen molar-refractivity contribution >= 4 is 12.0 Å². The van der Waals surface area contributed by atoms with Crippen LogP contribution in [0.25, 0.3) is 6.08 Å². The van der Waals surface area contributed by atoms with Crippen molar-refractivity contribution in [3.63, 3.8) is 0 Å². The Morgan fingerprint density at radius 1 is 1.55 bits per heavy atom. The van der Waals surface area contributed by atoms with E-state index in [-0.39, 0.29) is 12.5 Å². The topological polar surface area (TPSA) is 62.1 Å². The van der Waals surface area contributed by atoms with Gasteiger partial charge in [0, 0.05) is 19.0 Å². The molecule has 0 atom stereocenters. The Bertz CT molecular complexity index is 568. The molecule has 4 nitrogen and oxygen atoms in total. The van der Waals surface area contributed by atoms with Gasteiger partial charge in [-0.1, -0.05) is 12.1 Å². The van der Waals surface area contributed by atoms with Crippen molar-refractivity contribution in [2.24, 2.45) is 0 Å². The SMILES string of the molecule is C=CC/C(C#N)=C\c1cc(OCC(=O)NC)ccc1C. The molecule has 0 saturated heterocycles. The molecule has 0 aliphatic rings. The lowest BCUT2D eigenvalue weighted by atomic mass is 10.0. The molecule has 1 rings (SSSR count). The third-order valence-corrected chi connectivity index (χ3v) is 2.74. The first kappa shape index (κ1) is 15.5. The molecule has 104 valence electrons. The molecule has 0 radical (unpaired) electrons. The van der Waals surface area contributed by atoms with Gasteiger partial charge in [-0.2, -0.15) is 5.26 Å². The molecule has 0 saturated carbocycles. The molecule has 0 aromatic heterocycles. The van der Waals surface area contributed by atoms with Crippen LogP contribution in [0, 0.1) is 18.3 Å². The largest absolute Gasteiger partial charge is 0.484 e. The quantitative estimate of drug-likeness (QED) is 0.638. The second kappa shape index (κ2) is 7.80. The number of benzene rings is 1. The van der Waals surface area contributed by atoms with Crippen LogP contribution in [0.5, 0.6) is 5.75 Å². The van der Waals surface area contributed by atoms with E-state index in [9.17, 15) is 4.79 Å². The van der Waals surface area contributed by atoms with E-state index in [0.717, 1.165) is 11.1 Å². The van der Waals surface area contributed by atoms with Crippen LogP contribution in [-0.4, -0.2) is 19.6 Å². The lowest BCUT2D eigenvalue weighted by Gasteiger charge is -2.08. The van der Waals surface area contributed by atoms with Crippen LogP contribution in [0.15, 0.2) is 36.4 Å². The van der Waals surface area contributed by atoms with Crippen molar-refractivity contribution in [1.82, 2.24) is 5.32 Å². The number of aryl methyl sites for hydroxylation is 1. The number of hydrogen-bond acceptors (Lipinski definition) is 3. The van der Waals surface area contributed by atoms with Crippen LogP contribution in [-0.2, 0) is 4.79 Å². The van der Waals surface area contributed by atoms with Crippen molar-refractivity contribution in [2.75, 3.05) is 13.7 Å². The summed E-state index contributed by atoms with van der Waals surface area (Å²) >= 11 is 0. The molecule has 0 aliphatic heterocycles. The molecule has 20 heavy (non-hydrogen) atoms. The minimum absolute atomic E-state index is 0.0273. The monoisotopic (exact) mass is 270 g/mol. The summed E-state index contributed by atoms with van der Waals surface area (Å²) in [5.74, 6) is 0.411. The number of rotatable bonds is 6. The van der Waals surface area contributed by atoms with Gasteiger partial charge in [0.15, 0.2) is 6.61 Å². The zero-order valence-corrected chi connectivity index (χ0v) is 11.8. The maximum absolute atomic E-state index is 11.1. The van der Waals surface area contributed by atoms with Gasteiger partial charge >= 0.3 is 0 Å². The van der Waals surface area contributed by atoms with Gasteiger partial charge in [-0.25, -0.2) is 0 Å². The zero-order valence-electron chi connectivity index (χ0n) is 11.8. The van der Waals surface area contributed by atoms with Gasteiger partial charge in [0.2, 0.25) is 0 Å². The standard InChI is InChI=1S/C16H18N2O2/c1-4-5-13(10-17)8-14-9-15(7-6-12(14)2)20-11-16(19)18-3/h4,6-9H,1,5,11H2,2-3H3,(H,18,19)/b13-8+. The fourth-order valence-corrected chi connectivity index (χ4v) is 1.56. The summed E-state index contributed by atoms with van der Waals surface area (Å²) in [5.41, 5.74) is 2.57. The number of likely N-dealkylation sites (N-methyl/N-ethyl adjacent to an activating group) is 1. The van der Waals surface area contributed by atoms with Crippen molar-refractivity contribution in [3.05, 3.63) is 47.6 Å². The Morgan fingerprint density at radius 2 is 2.30 bits per heavy atom. The van der Waals surface area contributed by atoms with Crippen LogP contribution >= 0.6 is 0 Å². The number of nitrogens with zero attached hydrogens (tertiary/aromatic N) is 1. The summed E-state index contributed by atoms with van der Waals surface area (Å²) in [4.78, 5) is 11.1. The fraction of sp³-hybridized carbons (Fsp3) is 0.250. The number of nitriles is 1. The summed E-state index contributed by atoms with van der Waals surface area (Å²) in [6, 6.07) is 7.66. The fourth-order valence-electron chi connectivity index (χ4n) is 1.56. The van der Waals surface area contributed by atoms with Crippen molar-refractivity contribution in [3.8, 4) is 11.8 Å². The van der Waals surface area contributed by atoms with Gasteiger partial charge in [-0.15, -0.1) is 6.58 Å². The lowest BCUT2D eigenvalue weighted by Crippen LogP contribution is -2.24. The number of allylic oxidation sites excluding steroid dienone is 2. The van der Waals surface area contributed by atoms with Crippen molar-refractivity contribution < 1.29 is 9.53 Å². The molecule has 0 aliphatic carbocycles. The van der Waals surface area contributed by atoms with Crippen molar-refractivity contribution in [1.29, 1.82) is 5.26 Å². The number of hydrogen-bond donors (Lipinski definition) is 1. The highest BCUT2D eigenvalue weighted by atomic mass is 16.5. The number of ether oxygens (including phenoxy) is 1. The second-order valence-corrected chi connectivity index (χ2v) is 4.25. The molecule has 0 bridgehead atoms. The van der Waals surface area contributed by atoms with E-state index < -0.39 is 0 Å². The molecule has 1 aromatic rings. The Labute approximate surface area is 119 Å². The van der Waals surface area contributed by atoms with Crippen molar-refractivity contribution in [2.45, 2.75) is 13.3 Å². The maximum Gasteiger partial charge on any atom is 0.257 e. The molecule has 4 heteroatoms. The normalized spacial score (nSPS) is 10.6. The second-order valence-electron chi connectivity index (χ2n) is 4.25. The van der Waals surface area contributed by atoms with E-state index in [1.807, 2.05) is 25.1 Å². The summed E-state index contributed by atoms with van der Waals surface area (Å²) in [6.45, 7) is 5.56. The Balaban J connectivity index is 2.94. The smallest absolute Gasteiger partial charge is 0.257 e. The first-order valence-corrected chi connectivity index (χ1v) is 6.26. The lowest BCUT2D eigenvalue weighted by molar-refractivity contribution is -0.122. The summed E-state index contributed by atoms with van der Waals surface area (Å²) in [5, 5.41) is 11.5. The Morgan fingerprint density at radius 3 is 2.90 bits per heavy atom. The predicted octanol–water partition coefficient (Wildman–Crippen LogP) is 2.60. The highest BCUT2D eigenvalue weighted by Crippen LogP contribution is 2.20. The Kier molecular flexibility index (Phi) is 6.05. The van der Waals surface area contributed by atoms with Gasteiger partial charge in [0.25, 0.3) is 5.91 Å². The number of carbonyl (C=O) groups excluding carboxylic acids is 1. The molecular weight excluding hydrogens is 252 g/mol. The molecule has 1 N–H and O–H groups in total. The van der Waals surface area contributed by atoms with Crippen LogP contribution in [0.4, 0.5) is 0 Å². The van der Waals surface area contributed by atoms with Gasteiger partial charge in [-0.05, 0) is 36.3 Å². The van der Waals surface area contributed by atoms with E-state index in [0.29, 0.717) is 17.7 Å². The average Bonchev–Trinajstić information content (AvgIpc) is 2.46. The van der Waals surface area contributed by atoms with Crippen LogP contribution in [0.2, 0.25) is 0 Å². The van der Waals surface area contributed by atoms with E-state index >= 15 is 0 Å². The molecule has 0 unspecified atom stereocenters. The minimum Gasteiger partial charge on any atom is -0.484 e. The molecule has 0 fully saturated rings. The Hall–Kier alpha value is -2.54.